The zero-order valence-electron chi connectivity index (χ0n) is 12.0. The van der Waals surface area contributed by atoms with Crippen LogP contribution in [0.25, 0.3) is 0 Å². The van der Waals surface area contributed by atoms with E-state index >= 15 is 0 Å². The van der Waals surface area contributed by atoms with Crippen molar-refractivity contribution in [3.8, 4) is 11.5 Å². The van der Waals surface area contributed by atoms with Crippen molar-refractivity contribution in [1.29, 1.82) is 0 Å². The molecule has 19 heavy (non-hydrogen) atoms. The van der Waals surface area contributed by atoms with Gasteiger partial charge in [0.05, 0.1) is 13.7 Å². The molecule has 0 aliphatic carbocycles. The summed E-state index contributed by atoms with van der Waals surface area (Å²) in [6.07, 6.45) is 2.92. The molecule has 1 aromatic carbocycles. The van der Waals surface area contributed by atoms with Crippen molar-refractivity contribution < 1.29 is 9.47 Å². The van der Waals surface area contributed by atoms with Gasteiger partial charge < -0.3 is 15.2 Å². The molecule has 0 radical (unpaired) electrons. The summed E-state index contributed by atoms with van der Waals surface area (Å²) in [5, 5.41) is 0.648. The molecular weight excluding hydrogens is 262 g/mol. The van der Waals surface area contributed by atoms with Crippen LogP contribution in [-0.4, -0.2) is 20.3 Å². The lowest BCUT2D eigenvalue weighted by atomic mass is 10.1. The first-order valence-electron chi connectivity index (χ1n) is 6.77. The third-order valence-corrected chi connectivity index (χ3v) is 3.12. The number of hydrogen-bond donors (Lipinski definition) is 1. The van der Waals surface area contributed by atoms with E-state index in [1.165, 1.54) is 0 Å². The van der Waals surface area contributed by atoms with E-state index in [1.807, 2.05) is 6.07 Å². The molecule has 0 heterocycles. The van der Waals surface area contributed by atoms with Crippen molar-refractivity contribution >= 4 is 11.6 Å². The van der Waals surface area contributed by atoms with Gasteiger partial charge in [-0.2, -0.15) is 0 Å². The molecular formula is C15H24ClNO2. The summed E-state index contributed by atoms with van der Waals surface area (Å²) in [6.45, 7) is 5.67. The predicted molar refractivity (Wildman–Crippen MR) is 80.3 cm³/mol. The van der Waals surface area contributed by atoms with Crippen LogP contribution in [-0.2, 0) is 6.42 Å². The third kappa shape index (κ3) is 5.29. The highest BCUT2D eigenvalue weighted by Crippen LogP contribution is 2.35. The Morgan fingerprint density at radius 3 is 2.63 bits per heavy atom. The van der Waals surface area contributed by atoms with Gasteiger partial charge in [-0.05, 0) is 37.8 Å². The first kappa shape index (κ1) is 16.1. The molecule has 0 saturated heterocycles. The second-order valence-corrected chi connectivity index (χ2v) is 5.46. The van der Waals surface area contributed by atoms with E-state index in [9.17, 15) is 0 Å². The molecule has 108 valence electrons. The topological polar surface area (TPSA) is 44.5 Å². The predicted octanol–water partition coefficient (Wildman–Crippen LogP) is 3.66. The Kier molecular flexibility index (Phi) is 7.03. The normalized spacial score (nSPS) is 10.8. The molecule has 0 bridgehead atoms. The number of benzene rings is 1. The largest absolute Gasteiger partial charge is 0.493 e. The van der Waals surface area contributed by atoms with Gasteiger partial charge in [-0.1, -0.05) is 25.4 Å². The lowest BCUT2D eigenvalue weighted by Crippen LogP contribution is -2.08. The average molecular weight is 286 g/mol. The molecule has 0 aliphatic rings. The van der Waals surface area contributed by atoms with Crippen LogP contribution < -0.4 is 15.2 Å². The van der Waals surface area contributed by atoms with E-state index in [2.05, 4.69) is 13.8 Å². The Morgan fingerprint density at radius 2 is 2.05 bits per heavy atom. The van der Waals surface area contributed by atoms with E-state index in [4.69, 9.17) is 26.8 Å². The van der Waals surface area contributed by atoms with Gasteiger partial charge in [0, 0.05) is 16.7 Å². The van der Waals surface area contributed by atoms with Gasteiger partial charge in [-0.25, -0.2) is 0 Å². The molecule has 0 unspecified atom stereocenters. The second kappa shape index (κ2) is 8.28. The summed E-state index contributed by atoms with van der Waals surface area (Å²) in [6, 6.07) is 3.67. The minimum atomic E-state index is 0.561. The van der Waals surface area contributed by atoms with Crippen molar-refractivity contribution in [1.82, 2.24) is 0 Å². The Bertz CT molecular complexity index is 394. The zero-order valence-corrected chi connectivity index (χ0v) is 12.8. The number of hydrogen-bond acceptors (Lipinski definition) is 3. The Hall–Kier alpha value is -0.930. The van der Waals surface area contributed by atoms with E-state index in [0.29, 0.717) is 29.8 Å². The Labute approximate surface area is 121 Å². The first-order valence-corrected chi connectivity index (χ1v) is 7.15. The van der Waals surface area contributed by atoms with Crippen molar-refractivity contribution in [2.75, 3.05) is 20.3 Å². The molecule has 3 nitrogen and oxygen atoms in total. The summed E-state index contributed by atoms with van der Waals surface area (Å²) < 4.78 is 11.2. The molecule has 0 saturated carbocycles. The molecule has 0 fully saturated rings. The van der Waals surface area contributed by atoms with Crippen molar-refractivity contribution in [3.63, 3.8) is 0 Å². The number of nitrogens with two attached hydrogens (primary N) is 1. The zero-order chi connectivity index (χ0) is 14.3. The SMILES string of the molecule is COc1cc(Cl)cc(CCN)c1OCCCC(C)C. The number of halogens is 1. The summed E-state index contributed by atoms with van der Waals surface area (Å²) in [4.78, 5) is 0. The summed E-state index contributed by atoms with van der Waals surface area (Å²) in [5.41, 5.74) is 6.64. The average Bonchev–Trinajstić information content (AvgIpc) is 2.36. The molecule has 2 N–H and O–H groups in total. The molecule has 4 heteroatoms. The first-order chi connectivity index (χ1) is 9.08. The van der Waals surface area contributed by atoms with E-state index in [0.717, 1.165) is 30.6 Å². The second-order valence-electron chi connectivity index (χ2n) is 5.02. The van der Waals surface area contributed by atoms with Crippen LogP contribution in [0.3, 0.4) is 0 Å². The summed E-state index contributed by atoms with van der Waals surface area (Å²) in [5.74, 6) is 2.15. The van der Waals surface area contributed by atoms with Gasteiger partial charge in [0.15, 0.2) is 11.5 Å². The fourth-order valence-corrected chi connectivity index (χ4v) is 2.18. The molecule has 1 aromatic rings. The highest BCUT2D eigenvalue weighted by atomic mass is 35.5. The van der Waals surface area contributed by atoms with E-state index in [1.54, 1.807) is 13.2 Å². The van der Waals surface area contributed by atoms with E-state index < -0.39 is 0 Å². The Morgan fingerprint density at radius 1 is 1.32 bits per heavy atom. The van der Waals surface area contributed by atoms with Gasteiger partial charge in [-0.15, -0.1) is 0 Å². The van der Waals surface area contributed by atoms with Gasteiger partial charge in [0.1, 0.15) is 0 Å². The lowest BCUT2D eigenvalue weighted by molar-refractivity contribution is 0.277. The molecule has 0 aliphatic heterocycles. The molecule has 0 amide bonds. The fourth-order valence-electron chi connectivity index (χ4n) is 1.95. The minimum Gasteiger partial charge on any atom is -0.493 e. The van der Waals surface area contributed by atoms with Gasteiger partial charge >= 0.3 is 0 Å². The highest BCUT2D eigenvalue weighted by Gasteiger charge is 2.12. The van der Waals surface area contributed by atoms with Gasteiger partial charge in [0.25, 0.3) is 0 Å². The van der Waals surface area contributed by atoms with Crippen LogP contribution in [0.5, 0.6) is 11.5 Å². The minimum absolute atomic E-state index is 0.561. The molecule has 0 aromatic heterocycles. The van der Waals surface area contributed by atoms with Gasteiger partial charge in [0.2, 0.25) is 0 Å². The summed E-state index contributed by atoms with van der Waals surface area (Å²) in [7, 11) is 1.62. The van der Waals surface area contributed by atoms with Crippen LogP contribution in [0.2, 0.25) is 5.02 Å². The fraction of sp³-hybridized carbons (Fsp3) is 0.600. The van der Waals surface area contributed by atoms with Crippen LogP contribution in [0.1, 0.15) is 32.3 Å². The van der Waals surface area contributed by atoms with Crippen LogP contribution in [0, 0.1) is 5.92 Å². The quantitative estimate of drug-likeness (QED) is 0.741. The highest BCUT2D eigenvalue weighted by molar-refractivity contribution is 6.30. The maximum atomic E-state index is 6.06. The van der Waals surface area contributed by atoms with Crippen LogP contribution in [0.4, 0.5) is 0 Å². The van der Waals surface area contributed by atoms with Crippen molar-refractivity contribution in [2.24, 2.45) is 11.7 Å². The van der Waals surface area contributed by atoms with Crippen molar-refractivity contribution in [3.05, 3.63) is 22.7 Å². The maximum Gasteiger partial charge on any atom is 0.164 e. The monoisotopic (exact) mass is 285 g/mol. The molecule has 0 spiro atoms. The molecule has 0 atom stereocenters. The lowest BCUT2D eigenvalue weighted by Gasteiger charge is -2.16. The third-order valence-electron chi connectivity index (χ3n) is 2.90. The van der Waals surface area contributed by atoms with Crippen LogP contribution in [0.15, 0.2) is 12.1 Å². The van der Waals surface area contributed by atoms with Gasteiger partial charge in [-0.3, -0.25) is 0 Å². The van der Waals surface area contributed by atoms with E-state index in [-0.39, 0.29) is 0 Å². The number of methoxy groups -OCH3 is 1. The standard InChI is InChI=1S/C15H24ClNO2/c1-11(2)5-4-8-19-15-12(6-7-17)9-13(16)10-14(15)18-3/h9-11H,4-8,17H2,1-3H3. The maximum absolute atomic E-state index is 6.06. The van der Waals surface area contributed by atoms with Crippen molar-refractivity contribution in [2.45, 2.75) is 33.1 Å². The number of rotatable bonds is 8. The number of ether oxygens (including phenoxy) is 2. The van der Waals surface area contributed by atoms with Crippen LogP contribution >= 0.6 is 11.6 Å². The summed E-state index contributed by atoms with van der Waals surface area (Å²) >= 11 is 6.06. The smallest absolute Gasteiger partial charge is 0.164 e. The molecule has 1 rings (SSSR count). The Balaban J connectivity index is 2.77.